The zero-order valence-electron chi connectivity index (χ0n) is 9.81. The zero-order chi connectivity index (χ0) is 12.8. The van der Waals surface area contributed by atoms with Crippen LogP contribution < -0.4 is 5.73 Å². The number of amides is 1. The van der Waals surface area contributed by atoms with E-state index >= 15 is 0 Å². The predicted octanol–water partition coefficient (Wildman–Crippen LogP) is 2.20. The van der Waals surface area contributed by atoms with Crippen molar-refractivity contribution in [2.24, 2.45) is 16.8 Å². The first kappa shape index (κ1) is 13.5. The largest absolute Gasteiger partial charge is 0.395 e. The Kier molecular flexibility index (Phi) is 4.97. The number of benzene rings is 1. The van der Waals surface area contributed by atoms with Crippen molar-refractivity contribution in [1.82, 2.24) is 0 Å². The number of carbonyl (C=O) groups excluding carboxylic acids is 1. The zero-order valence-corrected chi connectivity index (χ0v) is 10.6. The lowest BCUT2D eigenvalue weighted by Gasteiger charge is -2.05. The molecule has 0 unspecified atom stereocenters. The number of rotatable bonds is 5. The molecule has 0 aromatic heterocycles. The van der Waals surface area contributed by atoms with Crippen molar-refractivity contribution in [2.45, 2.75) is 13.8 Å². The second-order valence-corrected chi connectivity index (χ2v) is 4.44. The van der Waals surface area contributed by atoms with Crippen molar-refractivity contribution in [3.63, 3.8) is 0 Å². The van der Waals surface area contributed by atoms with Gasteiger partial charge in [0.2, 0.25) is 0 Å². The molecule has 0 saturated carbocycles. The van der Waals surface area contributed by atoms with Crippen LogP contribution in [0.3, 0.4) is 0 Å². The second-order valence-electron chi connectivity index (χ2n) is 4.00. The molecule has 4 nitrogen and oxygen atoms in total. The number of nitrogens with zero attached hydrogens (tertiary/aromatic N) is 1. The van der Waals surface area contributed by atoms with Gasteiger partial charge in [0.05, 0.1) is 0 Å². The van der Waals surface area contributed by atoms with Crippen molar-refractivity contribution >= 4 is 23.2 Å². The van der Waals surface area contributed by atoms with Gasteiger partial charge in [-0.15, -0.1) is 0 Å². The minimum Gasteiger partial charge on any atom is -0.395 e. The molecule has 0 aliphatic carbocycles. The molecule has 1 rings (SSSR count). The Labute approximate surface area is 105 Å². The van der Waals surface area contributed by atoms with Gasteiger partial charge < -0.3 is 10.6 Å². The minimum atomic E-state index is -0.629. The van der Waals surface area contributed by atoms with Crippen LogP contribution in [0.15, 0.2) is 29.4 Å². The van der Waals surface area contributed by atoms with E-state index in [0.717, 1.165) is 0 Å². The summed E-state index contributed by atoms with van der Waals surface area (Å²) in [4.78, 5) is 16.3. The average Bonchev–Trinajstić information content (AvgIpc) is 2.25. The van der Waals surface area contributed by atoms with Crippen LogP contribution in [0.4, 0.5) is 0 Å². The van der Waals surface area contributed by atoms with Gasteiger partial charge in [-0.25, -0.2) is 0 Å². The van der Waals surface area contributed by atoms with Crippen LogP contribution in [-0.2, 0) is 9.63 Å². The Morgan fingerprint density at radius 1 is 1.41 bits per heavy atom. The Balaban J connectivity index is 2.86. The summed E-state index contributed by atoms with van der Waals surface area (Å²) >= 11 is 5.75. The summed E-state index contributed by atoms with van der Waals surface area (Å²) in [6.07, 6.45) is 0. The van der Waals surface area contributed by atoms with Gasteiger partial charge in [0, 0.05) is 10.6 Å². The van der Waals surface area contributed by atoms with Crippen LogP contribution >= 0.6 is 11.6 Å². The van der Waals surface area contributed by atoms with E-state index in [0.29, 0.717) is 23.1 Å². The summed E-state index contributed by atoms with van der Waals surface area (Å²) < 4.78 is 0. The number of nitrogens with two attached hydrogens (primary N) is 1. The van der Waals surface area contributed by atoms with Crippen LogP contribution in [-0.4, -0.2) is 18.2 Å². The van der Waals surface area contributed by atoms with E-state index in [1.807, 2.05) is 13.8 Å². The van der Waals surface area contributed by atoms with E-state index in [1.165, 1.54) is 0 Å². The molecule has 1 aromatic rings. The molecule has 0 saturated heterocycles. The van der Waals surface area contributed by atoms with Gasteiger partial charge in [0.25, 0.3) is 5.91 Å². The predicted molar refractivity (Wildman–Crippen MR) is 68.0 cm³/mol. The SMILES string of the molecule is CC(C)CO/N=C(/C(N)=O)c1ccc(Cl)cc1. The fraction of sp³-hybridized carbons (Fsp3) is 0.333. The second kappa shape index (κ2) is 6.25. The molecular weight excluding hydrogens is 240 g/mol. The highest BCUT2D eigenvalue weighted by Gasteiger charge is 2.11. The summed E-state index contributed by atoms with van der Waals surface area (Å²) in [7, 11) is 0. The van der Waals surface area contributed by atoms with Crippen molar-refractivity contribution < 1.29 is 9.63 Å². The molecule has 0 fully saturated rings. The van der Waals surface area contributed by atoms with Crippen molar-refractivity contribution in [3.8, 4) is 0 Å². The molecule has 0 aliphatic rings. The Hall–Kier alpha value is -1.55. The fourth-order valence-electron chi connectivity index (χ4n) is 1.10. The van der Waals surface area contributed by atoms with E-state index in [1.54, 1.807) is 24.3 Å². The van der Waals surface area contributed by atoms with Gasteiger partial charge in [-0.3, -0.25) is 4.79 Å². The number of primary amides is 1. The third-order valence-electron chi connectivity index (χ3n) is 1.91. The van der Waals surface area contributed by atoms with E-state index in [4.69, 9.17) is 22.2 Å². The van der Waals surface area contributed by atoms with Gasteiger partial charge in [0.1, 0.15) is 6.61 Å². The third kappa shape index (κ3) is 4.44. The van der Waals surface area contributed by atoms with Crippen molar-refractivity contribution in [2.75, 3.05) is 6.61 Å². The first-order valence-corrected chi connectivity index (χ1v) is 5.64. The molecule has 1 aromatic carbocycles. The lowest BCUT2D eigenvalue weighted by atomic mass is 10.1. The van der Waals surface area contributed by atoms with Crippen LogP contribution in [0.5, 0.6) is 0 Å². The first-order valence-electron chi connectivity index (χ1n) is 5.26. The van der Waals surface area contributed by atoms with Gasteiger partial charge in [-0.05, 0) is 18.1 Å². The number of hydrogen-bond acceptors (Lipinski definition) is 3. The summed E-state index contributed by atoms with van der Waals surface area (Å²) in [5, 5.41) is 4.35. The maximum absolute atomic E-state index is 11.2. The molecule has 0 bridgehead atoms. The molecule has 2 N–H and O–H groups in total. The Bertz CT molecular complexity index is 413. The van der Waals surface area contributed by atoms with Crippen LogP contribution in [0.1, 0.15) is 19.4 Å². The van der Waals surface area contributed by atoms with Crippen molar-refractivity contribution in [3.05, 3.63) is 34.9 Å². The summed E-state index contributed by atoms with van der Waals surface area (Å²) in [6.45, 7) is 4.41. The Morgan fingerprint density at radius 3 is 2.47 bits per heavy atom. The van der Waals surface area contributed by atoms with E-state index in [-0.39, 0.29) is 5.71 Å². The van der Waals surface area contributed by atoms with E-state index in [9.17, 15) is 4.79 Å². The lowest BCUT2D eigenvalue weighted by Crippen LogP contribution is -2.24. The van der Waals surface area contributed by atoms with Crippen LogP contribution in [0.25, 0.3) is 0 Å². The molecule has 0 radical (unpaired) electrons. The highest BCUT2D eigenvalue weighted by molar-refractivity contribution is 6.44. The maximum Gasteiger partial charge on any atom is 0.271 e. The highest BCUT2D eigenvalue weighted by atomic mass is 35.5. The Morgan fingerprint density at radius 2 is 2.00 bits per heavy atom. The molecule has 0 heterocycles. The standard InChI is InChI=1S/C12H15ClN2O2/c1-8(2)7-17-15-11(12(14)16)9-3-5-10(13)6-4-9/h3-6,8H,7H2,1-2H3,(H2,14,16)/b15-11+. The highest BCUT2D eigenvalue weighted by Crippen LogP contribution is 2.10. The van der Waals surface area contributed by atoms with Gasteiger partial charge in [-0.2, -0.15) is 0 Å². The molecular formula is C12H15ClN2O2. The minimum absolute atomic E-state index is 0.0994. The van der Waals surface area contributed by atoms with Crippen LogP contribution in [0, 0.1) is 5.92 Å². The molecule has 92 valence electrons. The van der Waals surface area contributed by atoms with Gasteiger partial charge in [0.15, 0.2) is 5.71 Å². The monoisotopic (exact) mass is 254 g/mol. The topological polar surface area (TPSA) is 64.7 Å². The van der Waals surface area contributed by atoms with Gasteiger partial charge in [-0.1, -0.05) is 42.7 Å². The normalized spacial score (nSPS) is 11.6. The quantitative estimate of drug-likeness (QED) is 0.647. The van der Waals surface area contributed by atoms with Crippen molar-refractivity contribution in [1.29, 1.82) is 0 Å². The first-order chi connectivity index (χ1) is 8.00. The fourth-order valence-corrected chi connectivity index (χ4v) is 1.22. The van der Waals surface area contributed by atoms with Crippen LogP contribution in [0.2, 0.25) is 5.02 Å². The number of oxime groups is 1. The molecule has 0 spiro atoms. The number of hydrogen-bond donors (Lipinski definition) is 1. The summed E-state index contributed by atoms with van der Waals surface area (Å²) in [6, 6.07) is 6.67. The smallest absolute Gasteiger partial charge is 0.271 e. The lowest BCUT2D eigenvalue weighted by molar-refractivity contribution is -0.112. The number of halogens is 1. The summed E-state index contributed by atoms with van der Waals surface area (Å²) in [5.74, 6) is -0.297. The number of carbonyl (C=O) groups is 1. The third-order valence-corrected chi connectivity index (χ3v) is 2.17. The average molecular weight is 255 g/mol. The molecule has 17 heavy (non-hydrogen) atoms. The molecule has 0 atom stereocenters. The molecule has 0 aliphatic heterocycles. The summed E-state index contributed by atoms with van der Waals surface area (Å²) in [5.41, 5.74) is 5.93. The maximum atomic E-state index is 11.2. The van der Waals surface area contributed by atoms with Gasteiger partial charge >= 0.3 is 0 Å². The molecule has 5 heteroatoms. The van der Waals surface area contributed by atoms with E-state index < -0.39 is 5.91 Å². The molecule has 1 amide bonds. The van der Waals surface area contributed by atoms with E-state index in [2.05, 4.69) is 5.16 Å².